The molecule has 1 aromatic rings. The third-order valence-corrected chi connectivity index (χ3v) is 5.77. The van der Waals surface area contributed by atoms with Gasteiger partial charge in [0, 0.05) is 37.6 Å². The van der Waals surface area contributed by atoms with E-state index in [4.69, 9.17) is 11.6 Å². The lowest BCUT2D eigenvalue weighted by Crippen LogP contribution is -2.37. The molecule has 2 rings (SSSR count). The monoisotopic (exact) mass is 348 g/mol. The molecule has 1 aromatic carbocycles. The number of carbonyl (C=O) groups is 1. The highest BCUT2D eigenvalue weighted by Crippen LogP contribution is 2.24. The zero-order valence-corrected chi connectivity index (χ0v) is 13.8. The van der Waals surface area contributed by atoms with Gasteiger partial charge in [-0.1, -0.05) is 18.5 Å². The quantitative estimate of drug-likeness (QED) is 0.840. The molecule has 5 nitrogen and oxygen atoms in total. The molecule has 1 fully saturated rings. The highest BCUT2D eigenvalue weighted by molar-refractivity contribution is 7.89. The van der Waals surface area contributed by atoms with Crippen molar-refractivity contribution in [1.82, 2.24) is 9.21 Å². The minimum absolute atomic E-state index is 0.00631. The number of hydrogen-bond acceptors (Lipinski definition) is 3. The molecule has 0 aromatic heterocycles. The Kier molecular flexibility index (Phi) is 5.41. The van der Waals surface area contributed by atoms with Crippen LogP contribution in [0.2, 0.25) is 5.02 Å². The molecule has 0 saturated carbocycles. The predicted octanol–water partition coefficient (Wildman–Crippen LogP) is 2.11. The van der Waals surface area contributed by atoms with Gasteiger partial charge in [-0.2, -0.15) is 4.31 Å². The third-order valence-electron chi connectivity index (χ3n) is 3.62. The maximum absolute atomic E-state index is 13.9. The summed E-state index contributed by atoms with van der Waals surface area (Å²) in [5, 5.41) is 0.164. The first kappa shape index (κ1) is 17.2. The van der Waals surface area contributed by atoms with Crippen molar-refractivity contribution in [2.45, 2.75) is 24.7 Å². The van der Waals surface area contributed by atoms with Crippen molar-refractivity contribution in [1.29, 1.82) is 0 Å². The molecule has 8 heteroatoms. The van der Waals surface area contributed by atoms with E-state index >= 15 is 0 Å². The van der Waals surface area contributed by atoms with Crippen molar-refractivity contribution in [2.24, 2.45) is 0 Å². The number of benzene rings is 1. The summed E-state index contributed by atoms with van der Waals surface area (Å²) in [7, 11) is -3.96. The minimum Gasteiger partial charge on any atom is -0.341 e. The van der Waals surface area contributed by atoms with Gasteiger partial charge < -0.3 is 4.90 Å². The lowest BCUT2D eigenvalue weighted by atomic mass is 10.3. The van der Waals surface area contributed by atoms with E-state index in [1.54, 1.807) is 11.8 Å². The van der Waals surface area contributed by atoms with Crippen molar-refractivity contribution in [3.05, 3.63) is 29.0 Å². The number of rotatable bonds is 3. The smallest absolute Gasteiger partial charge is 0.246 e. The lowest BCUT2D eigenvalue weighted by molar-refractivity contribution is -0.130. The normalized spacial score (nSPS) is 17.3. The van der Waals surface area contributed by atoms with Crippen LogP contribution < -0.4 is 0 Å². The molecule has 0 bridgehead atoms. The molecule has 1 saturated heterocycles. The number of carbonyl (C=O) groups excluding carboxylic acids is 1. The average molecular weight is 349 g/mol. The number of sulfonamides is 1. The molecule has 1 amide bonds. The van der Waals surface area contributed by atoms with Gasteiger partial charge in [-0.05, 0) is 24.6 Å². The average Bonchev–Trinajstić information content (AvgIpc) is 2.75. The van der Waals surface area contributed by atoms with Gasteiger partial charge in [0.25, 0.3) is 0 Å². The third kappa shape index (κ3) is 3.59. The van der Waals surface area contributed by atoms with E-state index in [1.165, 1.54) is 10.4 Å². The van der Waals surface area contributed by atoms with E-state index in [0.717, 1.165) is 12.1 Å². The fraction of sp³-hybridized carbons (Fsp3) is 0.500. The number of halogens is 2. The van der Waals surface area contributed by atoms with E-state index in [-0.39, 0.29) is 24.0 Å². The number of hydrogen-bond donors (Lipinski definition) is 0. The van der Waals surface area contributed by atoms with Gasteiger partial charge in [-0.15, -0.1) is 0 Å². The molecule has 0 radical (unpaired) electrons. The molecule has 122 valence electrons. The highest BCUT2D eigenvalue weighted by atomic mass is 35.5. The summed E-state index contributed by atoms with van der Waals surface area (Å²) >= 11 is 5.78. The summed E-state index contributed by atoms with van der Waals surface area (Å²) in [6.07, 6.45) is 0.906. The van der Waals surface area contributed by atoms with Crippen LogP contribution in [0.5, 0.6) is 0 Å². The van der Waals surface area contributed by atoms with Crippen LogP contribution in [-0.2, 0) is 14.8 Å². The van der Waals surface area contributed by atoms with Crippen LogP contribution in [0.4, 0.5) is 4.39 Å². The topological polar surface area (TPSA) is 57.7 Å². The molecule has 0 spiro atoms. The van der Waals surface area contributed by atoms with E-state index in [0.29, 0.717) is 25.9 Å². The van der Waals surface area contributed by atoms with Crippen molar-refractivity contribution in [2.75, 3.05) is 26.2 Å². The Morgan fingerprint density at radius 3 is 2.68 bits per heavy atom. The summed E-state index contributed by atoms with van der Waals surface area (Å²) in [6, 6.07) is 3.46. The van der Waals surface area contributed by atoms with Crippen LogP contribution in [0.25, 0.3) is 0 Å². The second kappa shape index (κ2) is 6.93. The van der Waals surface area contributed by atoms with Gasteiger partial charge in [0.05, 0.1) is 0 Å². The van der Waals surface area contributed by atoms with Crippen molar-refractivity contribution in [3.63, 3.8) is 0 Å². The first-order valence-electron chi connectivity index (χ1n) is 7.09. The summed E-state index contributed by atoms with van der Waals surface area (Å²) < 4.78 is 40.2. The minimum atomic E-state index is -3.96. The molecule has 0 unspecified atom stereocenters. The highest BCUT2D eigenvalue weighted by Gasteiger charge is 2.30. The predicted molar refractivity (Wildman–Crippen MR) is 81.7 cm³/mol. The van der Waals surface area contributed by atoms with Crippen LogP contribution in [0.3, 0.4) is 0 Å². The molecule has 0 aliphatic carbocycles. The van der Waals surface area contributed by atoms with Crippen molar-refractivity contribution in [3.8, 4) is 0 Å². The molecule has 0 N–H and O–H groups in total. The van der Waals surface area contributed by atoms with Gasteiger partial charge in [0.1, 0.15) is 10.7 Å². The van der Waals surface area contributed by atoms with Crippen molar-refractivity contribution < 1.29 is 17.6 Å². The summed E-state index contributed by atoms with van der Waals surface area (Å²) in [4.78, 5) is 12.9. The van der Waals surface area contributed by atoms with E-state index in [9.17, 15) is 17.6 Å². The Labute approximate surface area is 134 Å². The molecule has 22 heavy (non-hydrogen) atoms. The second-order valence-electron chi connectivity index (χ2n) is 5.07. The molecule has 1 aliphatic rings. The van der Waals surface area contributed by atoms with Crippen LogP contribution in [0, 0.1) is 5.82 Å². The van der Waals surface area contributed by atoms with Crippen LogP contribution in [0.1, 0.15) is 19.8 Å². The summed E-state index contributed by atoms with van der Waals surface area (Å²) in [6.45, 7) is 3.00. The Balaban J connectivity index is 2.23. The zero-order chi connectivity index (χ0) is 16.3. The fourth-order valence-electron chi connectivity index (χ4n) is 2.42. The van der Waals surface area contributed by atoms with Gasteiger partial charge in [0.2, 0.25) is 15.9 Å². The van der Waals surface area contributed by atoms with Gasteiger partial charge in [-0.25, -0.2) is 12.8 Å². The number of amides is 1. The van der Waals surface area contributed by atoms with E-state index in [1.807, 2.05) is 0 Å². The molecule has 0 atom stereocenters. The lowest BCUT2D eigenvalue weighted by Gasteiger charge is -2.22. The summed E-state index contributed by atoms with van der Waals surface area (Å²) in [5.74, 6) is -0.830. The fourth-order valence-corrected chi connectivity index (χ4v) is 4.22. The van der Waals surface area contributed by atoms with Gasteiger partial charge in [-0.3, -0.25) is 4.79 Å². The van der Waals surface area contributed by atoms with Crippen LogP contribution in [-0.4, -0.2) is 49.7 Å². The van der Waals surface area contributed by atoms with Crippen molar-refractivity contribution >= 4 is 27.5 Å². The first-order chi connectivity index (χ1) is 10.4. The SMILES string of the molecule is CCC(=O)N1CCCN(S(=O)(=O)c2cc(Cl)ccc2F)CC1. The molecular weight excluding hydrogens is 331 g/mol. The maximum Gasteiger partial charge on any atom is 0.246 e. The molecular formula is C14H18ClFN2O3S. The molecule has 1 heterocycles. The van der Waals surface area contributed by atoms with E-state index in [2.05, 4.69) is 0 Å². The zero-order valence-electron chi connectivity index (χ0n) is 12.3. The Morgan fingerprint density at radius 2 is 2.00 bits per heavy atom. The van der Waals surface area contributed by atoms with Gasteiger partial charge in [0.15, 0.2) is 0 Å². The van der Waals surface area contributed by atoms with E-state index < -0.39 is 20.7 Å². The second-order valence-corrected chi connectivity index (χ2v) is 7.41. The number of nitrogens with zero attached hydrogens (tertiary/aromatic N) is 2. The standard InChI is InChI=1S/C14H18ClFN2O3S/c1-2-14(19)17-6-3-7-18(9-8-17)22(20,21)13-10-11(15)4-5-12(13)16/h4-5,10H,2-3,6-9H2,1H3. The summed E-state index contributed by atoms with van der Waals surface area (Å²) in [5.41, 5.74) is 0. The Morgan fingerprint density at radius 1 is 1.27 bits per heavy atom. The largest absolute Gasteiger partial charge is 0.341 e. The Hall–Kier alpha value is -1.18. The van der Waals surface area contributed by atoms with Crippen LogP contribution in [0.15, 0.2) is 23.1 Å². The maximum atomic E-state index is 13.9. The Bertz CT molecular complexity index is 666. The van der Waals surface area contributed by atoms with Gasteiger partial charge >= 0.3 is 0 Å². The molecule has 1 aliphatic heterocycles. The van der Waals surface area contributed by atoms with Crippen LogP contribution >= 0.6 is 11.6 Å². The first-order valence-corrected chi connectivity index (χ1v) is 8.91.